The second-order valence-electron chi connectivity index (χ2n) is 7.52. The van der Waals surface area contributed by atoms with Gasteiger partial charge in [-0.2, -0.15) is 0 Å². The van der Waals surface area contributed by atoms with Crippen LogP contribution in [0.25, 0.3) is 0 Å². The molecule has 1 heterocycles. The highest BCUT2D eigenvalue weighted by Crippen LogP contribution is 2.22. The Morgan fingerprint density at radius 1 is 1.25 bits per heavy atom. The summed E-state index contributed by atoms with van der Waals surface area (Å²) in [4.78, 5) is 20.6. The zero-order chi connectivity index (χ0) is 20.6. The van der Waals surface area contributed by atoms with E-state index in [9.17, 15) is 4.79 Å². The Kier molecular flexibility index (Phi) is 7.61. The Hall–Kier alpha value is -2.83. The molecule has 0 aliphatic rings. The van der Waals surface area contributed by atoms with Gasteiger partial charge in [-0.15, -0.1) is 0 Å². The maximum absolute atomic E-state index is 11.7. The van der Waals surface area contributed by atoms with Crippen molar-refractivity contribution < 1.29 is 9.21 Å². The van der Waals surface area contributed by atoms with Gasteiger partial charge in [0.15, 0.2) is 5.96 Å². The molecule has 7 heteroatoms. The van der Waals surface area contributed by atoms with Crippen LogP contribution in [-0.4, -0.2) is 37.0 Å². The summed E-state index contributed by atoms with van der Waals surface area (Å²) < 4.78 is 5.79. The first kappa shape index (κ1) is 21.5. The van der Waals surface area contributed by atoms with Crippen molar-refractivity contribution in [3.8, 4) is 0 Å². The minimum atomic E-state index is -0.0784. The average molecular weight is 386 g/mol. The third kappa shape index (κ3) is 6.40. The zero-order valence-electron chi connectivity index (χ0n) is 17.4. The molecule has 0 atom stereocenters. The van der Waals surface area contributed by atoms with Gasteiger partial charge < -0.3 is 20.4 Å². The van der Waals surface area contributed by atoms with Gasteiger partial charge in [-0.25, -0.2) is 9.98 Å². The summed E-state index contributed by atoms with van der Waals surface area (Å²) in [6.45, 7) is 10.1. The van der Waals surface area contributed by atoms with E-state index in [-0.39, 0.29) is 11.3 Å². The van der Waals surface area contributed by atoms with Crippen LogP contribution in [0, 0.1) is 0 Å². The molecule has 28 heavy (non-hydrogen) atoms. The molecule has 1 aromatic carbocycles. The maximum Gasteiger partial charge on any atom is 0.251 e. The molecule has 0 radical (unpaired) electrons. The van der Waals surface area contributed by atoms with E-state index >= 15 is 0 Å². The van der Waals surface area contributed by atoms with E-state index in [1.807, 2.05) is 31.2 Å². The van der Waals surface area contributed by atoms with Crippen LogP contribution in [0.5, 0.6) is 0 Å². The van der Waals surface area contributed by atoms with Gasteiger partial charge in [0.2, 0.25) is 5.89 Å². The number of aromatic nitrogens is 1. The molecule has 0 saturated heterocycles. The Bertz CT molecular complexity index is 805. The van der Waals surface area contributed by atoms with Crippen molar-refractivity contribution in [2.24, 2.45) is 4.99 Å². The largest absolute Gasteiger partial charge is 0.443 e. The van der Waals surface area contributed by atoms with Crippen molar-refractivity contribution in [2.75, 3.05) is 20.1 Å². The quantitative estimate of drug-likeness (QED) is 0.503. The Morgan fingerprint density at radius 3 is 2.68 bits per heavy atom. The number of rotatable bonds is 7. The van der Waals surface area contributed by atoms with Gasteiger partial charge in [-0.1, -0.05) is 32.9 Å². The molecular formula is C21H31N5O2. The Balaban J connectivity index is 1.93. The highest BCUT2D eigenvalue weighted by atomic mass is 16.4. The van der Waals surface area contributed by atoms with E-state index < -0.39 is 0 Å². The summed E-state index contributed by atoms with van der Waals surface area (Å²) in [6, 6.07) is 7.63. The average Bonchev–Trinajstić information content (AvgIpc) is 3.15. The topological polar surface area (TPSA) is 91.6 Å². The van der Waals surface area contributed by atoms with Crippen LogP contribution in [0.15, 0.2) is 39.9 Å². The number of carbonyl (C=O) groups excluding carboxylic acids is 1. The molecule has 0 aliphatic carbocycles. The van der Waals surface area contributed by atoms with Gasteiger partial charge in [0, 0.05) is 31.1 Å². The van der Waals surface area contributed by atoms with Crippen LogP contribution >= 0.6 is 0 Å². The SMILES string of the molecule is CCNC(=NCc1ncc(C(C)(C)C)o1)NCCc1cccc(C(=O)NC)c1. The maximum atomic E-state index is 11.7. The summed E-state index contributed by atoms with van der Waals surface area (Å²) >= 11 is 0. The number of hydrogen-bond acceptors (Lipinski definition) is 4. The standard InChI is InChI=1S/C21H31N5O2/c1-6-23-20(26-14-18-25-13-17(28-18)21(2,3)4)24-11-10-15-8-7-9-16(12-15)19(27)22-5/h7-9,12-13H,6,10-11,14H2,1-5H3,(H,22,27)(H2,23,24,26). The van der Waals surface area contributed by atoms with Crippen LogP contribution < -0.4 is 16.0 Å². The molecule has 0 unspecified atom stereocenters. The number of amides is 1. The van der Waals surface area contributed by atoms with Gasteiger partial charge in [-0.05, 0) is 31.0 Å². The minimum Gasteiger partial charge on any atom is -0.443 e. The van der Waals surface area contributed by atoms with E-state index in [0.29, 0.717) is 30.5 Å². The number of benzene rings is 1. The molecular weight excluding hydrogens is 354 g/mol. The van der Waals surface area contributed by atoms with Gasteiger partial charge >= 0.3 is 0 Å². The number of nitrogens with zero attached hydrogens (tertiary/aromatic N) is 2. The first-order chi connectivity index (χ1) is 13.3. The number of guanidine groups is 1. The molecule has 0 aliphatic heterocycles. The van der Waals surface area contributed by atoms with Crippen molar-refractivity contribution >= 4 is 11.9 Å². The monoisotopic (exact) mass is 385 g/mol. The highest BCUT2D eigenvalue weighted by molar-refractivity contribution is 5.94. The molecule has 2 rings (SSSR count). The number of carbonyl (C=O) groups is 1. The van der Waals surface area contributed by atoms with Crippen molar-refractivity contribution in [1.82, 2.24) is 20.9 Å². The summed E-state index contributed by atoms with van der Waals surface area (Å²) in [7, 11) is 1.63. The fourth-order valence-corrected chi connectivity index (χ4v) is 2.56. The van der Waals surface area contributed by atoms with Crippen LogP contribution in [-0.2, 0) is 18.4 Å². The summed E-state index contributed by atoms with van der Waals surface area (Å²) in [5.74, 6) is 2.08. The number of hydrogen-bond donors (Lipinski definition) is 3. The summed E-state index contributed by atoms with van der Waals surface area (Å²) in [5.41, 5.74) is 1.69. The first-order valence-corrected chi connectivity index (χ1v) is 9.62. The van der Waals surface area contributed by atoms with Crippen LogP contribution in [0.4, 0.5) is 0 Å². The summed E-state index contributed by atoms with van der Waals surface area (Å²) in [5, 5.41) is 9.17. The van der Waals surface area contributed by atoms with E-state index in [0.717, 1.165) is 24.3 Å². The lowest BCUT2D eigenvalue weighted by Crippen LogP contribution is -2.38. The van der Waals surface area contributed by atoms with E-state index in [1.165, 1.54) is 0 Å². The molecule has 0 bridgehead atoms. The van der Waals surface area contributed by atoms with Crippen molar-refractivity contribution in [2.45, 2.75) is 46.1 Å². The first-order valence-electron chi connectivity index (χ1n) is 9.62. The molecule has 2 aromatic rings. The highest BCUT2D eigenvalue weighted by Gasteiger charge is 2.19. The van der Waals surface area contributed by atoms with Crippen molar-refractivity contribution in [3.63, 3.8) is 0 Å². The lowest BCUT2D eigenvalue weighted by Gasteiger charge is -2.13. The normalized spacial score (nSPS) is 12.0. The summed E-state index contributed by atoms with van der Waals surface area (Å²) in [6.07, 6.45) is 2.55. The van der Waals surface area contributed by atoms with Crippen LogP contribution in [0.2, 0.25) is 0 Å². The molecule has 0 fully saturated rings. The van der Waals surface area contributed by atoms with Gasteiger partial charge in [0.05, 0.1) is 6.20 Å². The molecule has 1 amide bonds. The third-order valence-corrected chi connectivity index (χ3v) is 4.13. The second kappa shape index (κ2) is 9.92. The van der Waals surface area contributed by atoms with Gasteiger partial charge in [0.25, 0.3) is 5.91 Å². The lowest BCUT2D eigenvalue weighted by molar-refractivity contribution is 0.0963. The fraction of sp³-hybridized carbons (Fsp3) is 0.476. The molecule has 1 aromatic heterocycles. The van der Waals surface area contributed by atoms with Crippen LogP contribution in [0.3, 0.4) is 0 Å². The van der Waals surface area contributed by atoms with Gasteiger partial charge in [-0.3, -0.25) is 4.79 Å². The Morgan fingerprint density at radius 2 is 2.04 bits per heavy atom. The molecule has 152 valence electrons. The van der Waals surface area contributed by atoms with Crippen LogP contribution in [0.1, 0.15) is 55.3 Å². The third-order valence-electron chi connectivity index (χ3n) is 4.13. The number of oxazole rings is 1. The predicted molar refractivity (Wildman–Crippen MR) is 112 cm³/mol. The van der Waals surface area contributed by atoms with E-state index in [2.05, 4.69) is 46.7 Å². The van der Waals surface area contributed by atoms with E-state index in [4.69, 9.17) is 4.42 Å². The Labute approximate surface area is 167 Å². The number of aliphatic imine (C=N–C) groups is 1. The predicted octanol–water partition coefficient (Wildman–Crippen LogP) is 2.63. The second-order valence-corrected chi connectivity index (χ2v) is 7.52. The van der Waals surface area contributed by atoms with E-state index in [1.54, 1.807) is 13.2 Å². The van der Waals surface area contributed by atoms with Crippen molar-refractivity contribution in [1.29, 1.82) is 0 Å². The molecule has 3 N–H and O–H groups in total. The van der Waals surface area contributed by atoms with Gasteiger partial charge in [0.1, 0.15) is 12.3 Å². The molecule has 0 saturated carbocycles. The number of nitrogens with one attached hydrogen (secondary N) is 3. The smallest absolute Gasteiger partial charge is 0.251 e. The fourth-order valence-electron chi connectivity index (χ4n) is 2.56. The minimum absolute atomic E-state index is 0.0685. The zero-order valence-corrected chi connectivity index (χ0v) is 17.4. The molecule has 0 spiro atoms. The van der Waals surface area contributed by atoms with Crippen molar-refractivity contribution in [3.05, 3.63) is 53.2 Å². The lowest BCUT2D eigenvalue weighted by atomic mass is 9.94. The molecule has 7 nitrogen and oxygen atoms in total.